The van der Waals surface area contributed by atoms with Crippen molar-refractivity contribution in [3.8, 4) is 0 Å². The Morgan fingerprint density at radius 1 is 1.24 bits per heavy atom. The van der Waals surface area contributed by atoms with E-state index in [4.69, 9.17) is 0 Å². The number of nitrogens with zero attached hydrogens (tertiary/aromatic N) is 2. The highest BCUT2D eigenvalue weighted by molar-refractivity contribution is 5.75. The molecule has 2 aromatic heterocycles. The van der Waals surface area contributed by atoms with Crippen LogP contribution in [-0.2, 0) is 17.9 Å². The minimum Gasteiger partial charge on any atom is -0.352 e. The van der Waals surface area contributed by atoms with E-state index in [2.05, 4.69) is 20.5 Å². The fourth-order valence-corrected chi connectivity index (χ4v) is 2.27. The number of imidazole rings is 1. The SMILES string of the molecule is Cc1n[nH]c(C)c1CNC(=O)CCn1c(C)c(C)[nH]c1=O. The number of nitrogens with one attached hydrogen (secondary N) is 3. The Balaban J connectivity index is 1.90. The summed E-state index contributed by atoms with van der Waals surface area (Å²) < 4.78 is 1.59. The van der Waals surface area contributed by atoms with Crippen molar-refractivity contribution in [3.05, 3.63) is 38.8 Å². The highest BCUT2D eigenvalue weighted by atomic mass is 16.2. The predicted octanol–water partition coefficient (Wildman–Crippen LogP) is 0.840. The molecule has 2 heterocycles. The quantitative estimate of drug-likeness (QED) is 0.761. The Morgan fingerprint density at radius 3 is 2.48 bits per heavy atom. The number of amides is 1. The van der Waals surface area contributed by atoms with Crippen LogP contribution in [0.4, 0.5) is 0 Å². The van der Waals surface area contributed by atoms with Gasteiger partial charge in [0, 0.05) is 42.2 Å². The maximum absolute atomic E-state index is 11.9. The van der Waals surface area contributed by atoms with Crippen LogP contribution >= 0.6 is 0 Å². The molecule has 21 heavy (non-hydrogen) atoms. The normalized spacial score (nSPS) is 10.9. The van der Waals surface area contributed by atoms with Gasteiger partial charge in [-0.25, -0.2) is 4.79 Å². The average Bonchev–Trinajstić information content (AvgIpc) is 2.87. The minimum atomic E-state index is -0.167. The Hall–Kier alpha value is -2.31. The van der Waals surface area contributed by atoms with Gasteiger partial charge in [-0.15, -0.1) is 0 Å². The van der Waals surface area contributed by atoms with Crippen LogP contribution in [-0.4, -0.2) is 25.7 Å². The fraction of sp³-hybridized carbons (Fsp3) is 0.500. The van der Waals surface area contributed by atoms with E-state index in [9.17, 15) is 9.59 Å². The first-order valence-corrected chi connectivity index (χ1v) is 6.93. The lowest BCUT2D eigenvalue weighted by Gasteiger charge is -2.07. The molecule has 2 rings (SSSR count). The molecule has 0 bridgehead atoms. The molecule has 0 saturated carbocycles. The Labute approximate surface area is 122 Å². The van der Waals surface area contributed by atoms with Crippen molar-refractivity contribution < 1.29 is 4.79 Å². The zero-order valence-corrected chi connectivity index (χ0v) is 12.8. The Kier molecular flexibility index (Phi) is 4.30. The van der Waals surface area contributed by atoms with Crippen molar-refractivity contribution >= 4 is 5.91 Å². The van der Waals surface area contributed by atoms with Crippen molar-refractivity contribution in [1.29, 1.82) is 0 Å². The first-order valence-electron chi connectivity index (χ1n) is 6.93. The summed E-state index contributed by atoms with van der Waals surface area (Å²) in [5.41, 5.74) is 4.40. The van der Waals surface area contributed by atoms with Gasteiger partial charge in [-0.2, -0.15) is 5.10 Å². The van der Waals surface area contributed by atoms with Gasteiger partial charge >= 0.3 is 5.69 Å². The second kappa shape index (κ2) is 5.99. The molecule has 7 heteroatoms. The van der Waals surface area contributed by atoms with E-state index in [1.165, 1.54) is 0 Å². The van der Waals surface area contributed by atoms with Crippen molar-refractivity contribution in [2.24, 2.45) is 0 Å². The van der Waals surface area contributed by atoms with Crippen molar-refractivity contribution in [3.63, 3.8) is 0 Å². The molecule has 114 valence electrons. The maximum Gasteiger partial charge on any atom is 0.325 e. The zero-order valence-electron chi connectivity index (χ0n) is 12.8. The van der Waals surface area contributed by atoms with E-state index in [1.54, 1.807) is 4.57 Å². The molecule has 0 radical (unpaired) electrons. The molecule has 2 aromatic rings. The van der Waals surface area contributed by atoms with Crippen LogP contribution < -0.4 is 11.0 Å². The fourth-order valence-electron chi connectivity index (χ4n) is 2.27. The summed E-state index contributed by atoms with van der Waals surface area (Å²) in [6, 6.07) is 0. The summed E-state index contributed by atoms with van der Waals surface area (Å²) in [6.07, 6.45) is 0.272. The van der Waals surface area contributed by atoms with Gasteiger partial charge in [-0.05, 0) is 27.7 Å². The monoisotopic (exact) mass is 291 g/mol. The first-order chi connectivity index (χ1) is 9.90. The van der Waals surface area contributed by atoms with Crippen LogP contribution in [0.5, 0.6) is 0 Å². The molecule has 3 N–H and O–H groups in total. The second-order valence-electron chi connectivity index (χ2n) is 5.23. The molecule has 0 aliphatic rings. The average molecular weight is 291 g/mol. The number of hydrogen-bond donors (Lipinski definition) is 3. The van der Waals surface area contributed by atoms with Gasteiger partial charge in [0.25, 0.3) is 0 Å². The number of aromatic amines is 2. The number of rotatable bonds is 5. The molecular weight excluding hydrogens is 270 g/mol. The lowest BCUT2D eigenvalue weighted by molar-refractivity contribution is -0.121. The lowest BCUT2D eigenvalue weighted by Crippen LogP contribution is -2.27. The van der Waals surface area contributed by atoms with Crippen molar-refractivity contribution in [1.82, 2.24) is 25.1 Å². The predicted molar refractivity (Wildman–Crippen MR) is 79.1 cm³/mol. The third-order valence-corrected chi connectivity index (χ3v) is 3.79. The van der Waals surface area contributed by atoms with E-state index in [0.29, 0.717) is 13.1 Å². The smallest absolute Gasteiger partial charge is 0.325 e. The summed E-state index contributed by atoms with van der Waals surface area (Å²) in [5.74, 6) is -0.0832. The number of carbonyl (C=O) groups is 1. The lowest BCUT2D eigenvalue weighted by atomic mass is 10.2. The van der Waals surface area contributed by atoms with E-state index >= 15 is 0 Å². The molecular formula is C14H21N5O2. The van der Waals surface area contributed by atoms with Gasteiger partial charge in [0.05, 0.1) is 5.69 Å². The van der Waals surface area contributed by atoms with Gasteiger partial charge in [-0.3, -0.25) is 14.5 Å². The Morgan fingerprint density at radius 2 is 1.95 bits per heavy atom. The van der Waals surface area contributed by atoms with Crippen LogP contribution in [0.15, 0.2) is 4.79 Å². The van der Waals surface area contributed by atoms with Crippen LogP contribution in [0.25, 0.3) is 0 Å². The number of hydrogen-bond acceptors (Lipinski definition) is 3. The summed E-state index contributed by atoms with van der Waals surface area (Å²) in [5, 5.41) is 9.83. The highest BCUT2D eigenvalue weighted by Crippen LogP contribution is 2.08. The van der Waals surface area contributed by atoms with Crippen molar-refractivity contribution in [2.45, 2.75) is 47.2 Å². The van der Waals surface area contributed by atoms with Crippen LogP contribution in [0.3, 0.4) is 0 Å². The molecule has 0 aromatic carbocycles. The number of carbonyl (C=O) groups excluding carboxylic acids is 1. The molecule has 0 aliphatic carbocycles. The molecule has 0 spiro atoms. The zero-order chi connectivity index (χ0) is 15.6. The summed E-state index contributed by atoms with van der Waals surface area (Å²) in [6.45, 7) is 8.36. The van der Waals surface area contributed by atoms with Crippen LogP contribution in [0.1, 0.15) is 34.8 Å². The van der Waals surface area contributed by atoms with Gasteiger partial charge < -0.3 is 10.3 Å². The number of aryl methyl sites for hydroxylation is 3. The molecule has 0 aliphatic heterocycles. The highest BCUT2D eigenvalue weighted by Gasteiger charge is 2.10. The van der Waals surface area contributed by atoms with E-state index in [1.807, 2.05) is 27.7 Å². The number of aromatic nitrogens is 4. The van der Waals surface area contributed by atoms with Gasteiger partial charge in [-0.1, -0.05) is 0 Å². The van der Waals surface area contributed by atoms with Gasteiger partial charge in [0.2, 0.25) is 5.91 Å². The van der Waals surface area contributed by atoms with Crippen LogP contribution in [0, 0.1) is 27.7 Å². The maximum atomic E-state index is 11.9. The van der Waals surface area contributed by atoms with Crippen LogP contribution in [0.2, 0.25) is 0 Å². The van der Waals surface area contributed by atoms with E-state index in [0.717, 1.165) is 28.3 Å². The topological polar surface area (TPSA) is 95.6 Å². The summed E-state index contributed by atoms with van der Waals surface area (Å²) in [4.78, 5) is 26.3. The number of H-pyrrole nitrogens is 2. The largest absolute Gasteiger partial charge is 0.352 e. The van der Waals surface area contributed by atoms with E-state index in [-0.39, 0.29) is 18.0 Å². The molecule has 0 saturated heterocycles. The molecule has 1 amide bonds. The van der Waals surface area contributed by atoms with Crippen molar-refractivity contribution in [2.75, 3.05) is 0 Å². The molecule has 0 fully saturated rings. The standard InChI is InChI=1S/C14H21N5O2/c1-8-11(4)19(14(21)16-8)6-5-13(20)15-7-12-9(2)17-18-10(12)3/h5-7H2,1-4H3,(H,15,20)(H,16,21)(H,17,18). The molecule has 0 unspecified atom stereocenters. The minimum absolute atomic E-state index is 0.0832. The molecule has 7 nitrogen and oxygen atoms in total. The third kappa shape index (κ3) is 3.24. The van der Waals surface area contributed by atoms with Gasteiger partial charge in [0.15, 0.2) is 0 Å². The van der Waals surface area contributed by atoms with E-state index < -0.39 is 0 Å². The second-order valence-corrected chi connectivity index (χ2v) is 5.23. The summed E-state index contributed by atoms with van der Waals surface area (Å²) in [7, 11) is 0. The Bertz CT molecular complexity index is 688. The summed E-state index contributed by atoms with van der Waals surface area (Å²) >= 11 is 0. The molecule has 0 atom stereocenters. The third-order valence-electron chi connectivity index (χ3n) is 3.79. The van der Waals surface area contributed by atoms with Gasteiger partial charge in [0.1, 0.15) is 0 Å². The first kappa shape index (κ1) is 15.1.